The normalized spacial score (nSPS) is 11.9. The van der Waals surface area contributed by atoms with Crippen molar-refractivity contribution in [3.63, 3.8) is 0 Å². The Morgan fingerprint density at radius 2 is 1.53 bits per heavy atom. The van der Waals surface area contributed by atoms with Gasteiger partial charge in [0.1, 0.15) is 33.9 Å². The van der Waals surface area contributed by atoms with Crippen molar-refractivity contribution in [3.8, 4) is 17.2 Å². The average molecular weight is 481 g/mol. The van der Waals surface area contributed by atoms with E-state index >= 15 is 0 Å². The molecule has 8 nitrogen and oxygen atoms in total. The van der Waals surface area contributed by atoms with Crippen molar-refractivity contribution in [1.29, 1.82) is 0 Å². The van der Waals surface area contributed by atoms with Crippen LogP contribution < -0.4 is 5.12 Å². The minimum Gasteiger partial charge on any atom is -0.505 e. The first-order chi connectivity index (χ1) is 17.4. The predicted molar refractivity (Wildman–Crippen MR) is 145 cm³/mol. The van der Waals surface area contributed by atoms with Crippen molar-refractivity contribution in [2.24, 2.45) is 10.2 Å². The fourth-order valence-electron chi connectivity index (χ4n) is 3.87. The molecule has 0 saturated carbocycles. The number of allylic oxidation sites excluding steroid dienone is 3. The number of aromatic nitrogens is 3. The first-order valence-corrected chi connectivity index (χ1v) is 11.5. The molecule has 0 atom stereocenters. The van der Waals surface area contributed by atoms with Crippen LogP contribution in [0.4, 0.5) is 5.69 Å². The van der Waals surface area contributed by atoms with Crippen molar-refractivity contribution in [1.82, 2.24) is 15.0 Å². The highest BCUT2D eigenvalue weighted by atomic mass is 16.3. The summed E-state index contributed by atoms with van der Waals surface area (Å²) in [5, 5.41) is 41.3. The molecule has 4 aromatic rings. The van der Waals surface area contributed by atoms with Gasteiger partial charge in [-0.25, -0.2) is 0 Å². The van der Waals surface area contributed by atoms with E-state index in [-0.39, 0.29) is 17.9 Å². The summed E-state index contributed by atoms with van der Waals surface area (Å²) in [7, 11) is 0. The zero-order valence-electron chi connectivity index (χ0n) is 20.5. The Hall–Kier alpha value is -4.72. The number of hydrogen-bond acceptors (Lipinski definition) is 7. The molecule has 2 N–H and O–H groups in total. The van der Waals surface area contributed by atoms with Gasteiger partial charge in [0.25, 0.3) is 0 Å². The van der Waals surface area contributed by atoms with Crippen molar-refractivity contribution < 1.29 is 10.2 Å². The van der Waals surface area contributed by atoms with Crippen LogP contribution in [0.25, 0.3) is 16.7 Å². The second kappa shape index (κ2) is 10.7. The molecule has 1 aromatic heterocycles. The van der Waals surface area contributed by atoms with Gasteiger partial charge in [-0.05, 0) is 68.3 Å². The van der Waals surface area contributed by atoms with E-state index in [0.717, 1.165) is 22.2 Å². The molecule has 0 radical (unpaired) electrons. The Bertz CT molecular complexity index is 1470. The Morgan fingerprint density at radius 3 is 2.17 bits per heavy atom. The number of phenols is 2. The number of hydrogen-bond donors (Lipinski definition) is 2. The Morgan fingerprint density at radius 1 is 0.917 bits per heavy atom. The van der Waals surface area contributed by atoms with E-state index in [0.29, 0.717) is 22.5 Å². The van der Waals surface area contributed by atoms with Gasteiger partial charge in [0, 0.05) is 30.0 Å². The number of phenolic OH excluding ortho intramolecular Hbond substituents is 2. The van der Waals surface area contributed by atoms with Crippen LogP contribution in [-0.4, -0.2) is 37.6 Å². The molecule has 182 valence electrons. The number of aromatic hydroxyl groups is 2. The molecule has 0 aliphatic heterocycles. The summed E-state index contributed by atoms with van der Waals surface area (Å²) >= 11 is 0. The first kappa shape index (κ1) is 24.4. The molecule has 0 aliphatic carbocycles. The van der Waals surface area contributed by atoms with Crippen LogP contribution in [-0.2, 0) is 6.42 Å². The van der Waals surface area contributed by atoms with Crippen LogP contribution in [0.2, 0.25) is 0 Å². The van der Waals surface area contributed by atoms with Gasteiger partial charge >= 0.3 is 0 Å². The van der Waals surface area contributed by atoms with Gasteiger partial charge in [-0.15, -0.1) is 20.1 Å². The molecule has 1 heterocycles. The minimum atomic E-state index is 0.0184. The van der Waals surface area contributed by atoms with Gasteiger partial charge in [-0.2, -0.15) is 10.2 Å². The van der Waals surface area contributed by atoms with E-state index in [1.807, 2.05) is 69.3 Å². The lowest BCUT2D eigenvalue weighted by atomic mass is 9.98. The zero-order valence-corrected chi connectivity index (χ0v) is 20.5. The molecule has 0 bridgehead atoms. The third-order valence-electron chi connectivity index (χ3n) is 5.46. The van der Waals surface area contributed by atoms with Gasteiger partial charge < -0.3 is 10.2 Å². The van der Waals surface area contributed by atoms with E-state index in [1.54, 1.807) is 18.4 Å². The van der Waals surface area contributed by atoms with Crippen molar-refractivity contribution in [2.45, 2.75) is 27.2 Å². The molecule has 0 saturated heterocycles. The van der Waals surface area contributed by atoms with Crippen LogP contribution in [0.3, 0.4) is 0 Å². The third kappa shape index (κ3) is 5.17. The Labute approximate surface area is 209 Å². The van der Waals surface area contributed by atoms with E-state index < -0.39 is 0 Å². The summed E-state index contributed by atoms with van der Waals surface area (Å²) in [6, 6.07) is 14.9. The van der Waals surface area contributed by atoms with Crippen molar-refractivity contribution in [2.75, 3.05) is 5.12 Å². The van der Waals surface area contributed by atoms with Crippen LogP contribution >= 0.6 is 0 Å². The lowest BCUT2D eigenvalue weighted by Crippen LogP contribution is -2.10. The highest BCUT2D eigenvalue weighted by Gasteiger charge is 2.19. The predicted octanol–water partition coefficient (Wildman–Crippen LogP) is 5.58. The number of fused-ring (bicyclic) bond motifs is 1. The highest BCUT2D eigenvalue weighted by Crippen LogP contribution is 2.37. The van der Waals surface area contributed by atoms with Gasteiger partial charge in [-0.1, -0.05) is 36.9 Å². The van der Waals surface area contributed by atoms with Crippen molar-refractivity contribution >= 4 is 29.1 Å². The number of rotatable bonds is 8. The standard InChI is InChI=1S/C28H28N6O2/c1-5-7-13-30-33(29-12-6-2)25-16-19(3)14-21(27(25)35)18-22-15-20(4)17-26(28(22)36)34-31-23-10-8-9-11-24(23)32-34/h5-17,35-36H,2,18H2,1,3-4H3/b7-5-,29-12+,30-13+. The van der Waals surface area contributed by atoms with Crippen LogP contribution in [0.1, 0.15) is 29.2 Å². The van der Waals surface area contributed by atoms with E-state index in [1.165, 1.54) is 22.2 Å². The molecule has 8 heteroatoms. The number of nitrogens with zero attached hydrogens (tertiary/aromatic N) is 6. The molecule has 0 amide bonds. The number of hydrazone groups is 2. The summed E-state index contributed by atoms with van der Waals surface area (Å²) < 4.78 is 0. The quantitative estimate of drug-likeness (QED) is 0.253. The molecule has 0 spiro atoms. The Kier molecular flexibility index (Phi) is 7.25. The smallest absolute Gasteiger partial charge is 0.146 e. The monoisotopic (exact) mass is 480 g/mol. The molecular weight excluding hydrogens is 452 g/mol. The third-order valence-corrected chi connectivity index (χ3v) is 5.46. The van der Waals surface area contributed by atoms with Crippen LogP contribution in [0.5, 0.6) is 11.5 Å². The largest absolute Gasteiger partial charge is 0.505 e. The number of aryl methyl sites for hydroxylation is 2. The SMILES string of the molecule is C=C/C=N/N(/N=C/C=C\C)c1cc(C)cc(Cc2cc(C)cc(-n3nc4ccccc4n3)c2O)c1O. The molecule has 0 unspecified atom stereocenters. The van der Waals surface area contributed by atoms with Crippen LogP contribution in [0.15, 0.2) is 83.5 Å². The summed E-state index contributed by atoms with van der Waals surface area (Å²) in [5.41, 5.74) is 5.45. The fraction of sp³-hybridized carbons (Fsp3) is 0.143. The van der Waals surface area contributed by atoms with Gasteiger partial charge in [-0.3, -0.25) is 0 Å². The van der Waals surface area contributed by atoms with E-state index in [2.05, 4.69) is 27.0 Å². The van der Waals surface area contributed by atoms with Crippen LogP contribution in [0, 0.1) is 13.8 Å². The highest BCUT2D eigenvalue weighted by molar-refractivity contribution is 5.76. The summed E-state index contributed by atoms with van der Waals surface area (Å²) in [5.74, 6) is 0.0702. The maximum Gasteiger partial charge on any atom is 0.146 e. The maximum atomic E-state index is 11.2. The van der Waals surface area contributed by atoms with Crippen molar-refractivity contribution in [3.05, 3.63) is 95.6 Å². The fourth-order valence-corrected chi connectivity index (χ4v) is 3.87. The molecule has 0 fully saturated rings. The molecular formula is C28H28N6O2. The van der Waals surface area contributed by atoms with Gasteiger partial charge in [0.2, 0.25) is 0 Å². The Balaban J connectivity index is 1.76. The van der Waals surface area contributed by atoms with E-state index in [9.17, 15) is 10.2 Å². The lowest BCUT2D eigenvalue weighted by molar-refractivity contribution is 0.458. The average Bonchev–Trinajstić information content (AvgIpc) is 3.29. The summed E-state index contributed by atoms with van der Waals surface area (Å²) in [6.45, 7) is 9.41. The van der Waals surface area contributed by atoms with E-state index in [4.69, 9.17) is 0 Å². The molecule has 36 heavy (non-hydrogen) atoms. The molecule has 3 aromatic carbocycles. The topological polar surface area (TPSA) is 99.1 Å². The lowest BCUT2D eigenvalue weighted by Gasteiger charge is -2.18. The molecule has 4 rings (SSSR count). The second-order valence-corrected chi connectivity index (χ2v) is 8.32. The first-order valence-electron chi connectivity index (χ1n) is 11.5. The molecule has 0 aliphatic rings. The minimum absolute atomic E-state index is 0.0184. The number of anilines is 1. The van der Waals surface area contributed by atoms with Gasteiger partial charge in [0.05, 0.1) is 0 Å². The maximum absolute atomic E-state index is 11.2. The second-order valence-electron chi connectivity index (χ2n) is 8.32. The van der Waals surface area contributed by atoms with Gasteiger partial charge in [0.15, 0.2) is 0 Å². The summed E-state index contributed by atoms with van der Waals surface area (Å²) in [6.07, 6.45) is 8.50. The number of benzene rings is 3. The zero-order chi connectivity index (χ0) is 25.7. The summed E-state index contributed by atoms with van der Waals surface area (Å²) in [4.78, 5) is 1.44.